The maximum absolute atomic E-state index is 12.4. The van der Waals surface area contributed by atoms with Crippen LogP contribution in [0.15, 0.2) is 24.3 Å². The smallest absolute Gasteiger partial charge is 0.223 e. The molecule has 23 heavy (non-hydrogen) atoms. The summed E-state index contributed by atoms with van der Waals surface area (Å²) in [6.45, 7) is 0.219. The van der Waals surface area contributed by atoms with Crippen LogP contribution >= 0.6 is 11.6 Å². The number of nitrogens with two attached hydrogens (primary N) is 1. The zero-order valence-electron chi connectivity index (χ0n) is 13.2. The molecular weight excluding hydrogens is 312 g/mol. The van der Waals surface area contributed by atoms with E-state index in [-0.39, 0.29) is 24.4 Å². The van der Waals surface area contributed by atoms with Gasteiger partial charge in [0, 0.05) is 23.5 Å². The number of fused-ring (bicyclic) bond motifs is 2. The van der Waals surface area contributed by atoms with E-state index >= 15 is 0 Å². The number of carbonyl (C=O) groups is 1. The van der Waals surface area contributed by atoms with Gasteiger partial charge in [-0.2, -0.15) is 0 Å². The molecule has 5 heteroatoms. The van der Waals surface area contributed by atoms with Crippen molar-refractivity contribution in [1.82, 2.24) is 5.32 Å². The highest BCUT2D eigenvalue weighted by molar-refractivity contribution is 6.30. The molecule has 1 aromatic rings. The second-order valence-corrected chi connectivity index (χ2v) is 7.45. The lowest BCUT2D eigenvalue weighted by molar-refractivity contribution is -0.128. The summed E-state index contributed by atoms with van der Waals surface area (Å²) in [4.78, 5) is 12.4. The van der Waals surface area contributed by atoms with E-state index < -0.39 is 6.10 Å². The minimum absolute atomic E-state index is 0.0386. The largest absolute Gasteiger partial charge is 0.387 e. The lowest BCUT2D eigenvalue weighted by Gasteiger charge is -2.43. The van der Waals surface area contributed by atoms with Crippen molar-refractivity contribution in [3.8, 4) is 0 Å². The average molecular weight is 337 g/mol. The molecule has 3 atom stereocenters. The molecule has 1 aromatic carbocycles. The number of aliphatic hydroxyl groups is 1. The minimum atomic E-state index is -0.733. The quantitative estimate of drug-likeness (QED) is 0.791. The Morgan fingerprint density at radius 1 is 1.35 bits per heavy atom. The van der Waals surface area contributed by atoms with E-state index in [2.05, 4.69) is 5.32 Å². The van der Waals surface area contributed by atoms with Crippen molar-refractivity contribution in [3.05, 3.63) is 34.9 Å². The zero-order valence-corrected chi connectivity index (χ0v) is 14.0. The first kappa shape index (κ1) is 16.7. The third-order valence-electron chi connectivity index (χ3n) is 5.49. The average Bonchev–Trinajstić information content (AvgIpc) is 2.52. The Labute approximate surface area is 142 Å². The first-order chi connectivity index (χ1) is 11.0. The number of halogens is 1. The summed E-state index contributed by atoms with van der Waals surface area (Å²) in [6.07, 6.45) is 4.57. The van der Waals surface area contributed by atoms with Crippen LogP contribution in [0, 0.1) is 17.8 Å². The van der Waals surface area contributed by atoms with E-state index in [4.69, 9.17) is 17.3 Å². The summed E-state index contributed by atoms with van der Waals surface area (Å²) in [5, 5.41) is 13.7. The van der Waals surface area contributed by atoms with Crippen LogP contribution in [0.5, 0.6) is 0 Å². The predicted molar refractivity (Wildman–Crippen MR) is 91.0 cm³/mol. The number of hydrogen-bond donors (Lipinski definition) is 3. The molecule has 3 unspecified atom stereocenters. The van der Waals surface area contributed by atoms with Gasteiger partial charge in [-0.1, -0.05) is 30.2 Å². The molecule has 0 saturated heterocycles. The number of amides is 1. The molecule has 2 saturated carbocycles. The van der Waals surface area contributed by atoms with Crippen LogP contribution in [0.1, 0.15) is 43.8 Å². The third-order valence-corrected chi connectivity index (χ3v) is 5.72. The fourth-order valence-corrected chi connectivity index (χ4v) is 4.38. The fraction of sp³-hybridized carbons (Fsp3) is 0.611. The van der Waals surface area contributed by atoms with E-state index in [1.165, 1.54) is 6.42 Å². The Morgan fingerprint density at radius 2 is 2.04 bits per heavy atom. The molecule has 0 aliphatic heterocycles. The highest BCUT2D eigenvalue weighted by atomic mass is 35.5. The van der Waals surface area contributed by atoms with Crippen molar-refractivity contribution < 1.29 is 9.90 Å². The second kappa shape index (κ2) is 7.20. The van der Waals surface area contributed by atoms with Gasteiger partial charge in [-0.05, 0) is 55.2 Å². The summed E-state index contributed by atoms with van der Waals surface area (Å²) < 4.78 is 0. The number of benzene rings is 1. The second-order valence-electron chi connectivity index (χ2n) is 7.01. The molecule has 4 nitrogen and oxygen atoms in total. The highest BCUT2D eigenvalue weighted by Crippen LogP contribution is 2.41. The third kappa shape index (κ3) is 3.87. The van der Waals surface area contributed by atoms with Crippen LogP contribution in [-0.2, 0) is 4.79 Å². The van der Waals surface area contributed by atoms with Crippen LogP contribution in [-0.4, -0.2) is 23.6 Å². The topological polar surface area (TPSA) is 75.4 Å². The van der Waals surface area contributed by atoms with Gasteiger partial charge in [0.15, 0.2) is 0 Å². The Kier molecular flexibility index (Phi) is 5.24. The fourth-order valence-electron chi connectivity index (χ4n) is 4.18. The molecule has 2 bridgehead atoms. The molecule has 2 aliphatic rings. The molecule has 2 fully saturated rings. The van der Waals surface area contributed by atoms with Gasteiger partial charge in [-0.25, -0.2) is 0 Å². The van der Waals surface area contributed by atoms with Gasteiger partial charge in [-0.15, -0.1) is 0 Å². The lowest BCUT2D eigenvalue weighted by atomic mass is 9.65. The standard InChI is InChI=1S/C18H25ClN2O2/c19-15-6-2-3-11(9-15)16(22)10-21-18(23)14-7-12-4-1-5-13(8-14)17(12)20/h2-3,6,9,12-14,16-17,22H,1,4-5,7-8,10,20H2,(H,21,23). The first-order valence-corrected chi connectivity index (χ1v) is 8.89. The van der Waals surface area contributed by atoms with Gasteiger partial charge < -0.3 is 16.2 Å². The summed E-state index contributed by atoms with van der Waals surface area (Å²) in [5.41, 5.74) is 7.00. The number of nitrogens with one attached hydrogen (secondary N) is 1. The van der Waals surface area contributed by atoms with E-state index in [9.17, 15) is 9.90 Å². The minimum Gasteiger partial charge on any atom is -0.387 e. The number of aliphatic hydroxyl groups excluding tert-OH is 1. The maximum Gasteiger partial charge on any atom is 0.223 e. The normalized spacial score (nSPS) is 31.4. The van der Waals surface area contributed by atoms with Crippen molar-refractivity contribution in [3.63, 3.8) is 0 Å². The van der Waals surface area contributed by atoms with E-state index in [0.29, 0.717) is 16.9 Å². The Balaban J connectivity index is 1.53. The molecule has 4 N–H and O–H groups in total. The number of carbonyl (C=O) groups excluding carboxylic acids is 1. The number of hydrogen-bond acceptors (Lipinski definition) is 3. The molecule has 0 spiro atoms. The van der Waals surface area contributed by atoms with Crippen molar-refractivity contribution in [2.24, 2.45) is 23.5 Å². The van der Waals surface area contributed by atoms with Gasteiger partial charge in [-0.3, -0.25) is 4.79 Å². The Hall–Kier alpha value is -1.10. The van der Waals surface area contributed by atoms with Gasteiger partial charge in [0.2, 0.25) is 5.91 Å². The van der Waals surface area contributed by atoms with Crippen LogP contribution in [0.2, 0.25) is 5.02 Å². The zero-order chi connectivity index (χ0) is 16.4. The van der Waals surface area contributed by atoms with Gasteiger partial charge >= 0.3 is 0 Å². The molecule has 0 heterocycles. The summed E-state index contributed by atoms with van der Waals surface area (Å²) in [5.74, 6) is 1.05. The Morgan fingerprint density at radius 3 is 2.70 bits per heavy atom. The van der Waals surface area contributed by atoms with Crippen LogP contribution in [0.25, 0.3) is 0 Å². The maximum atomic E-state index is 12.4. The van der Waals surface area contributed by atoms with Crippen LogP contribution in [0.4, 0.5) is 0 Å². The van der Waals surface area contributed by atoms with Gasteiger partial charge in [0.05, 0.1) is 6.10 Å². The molecule has 0 radical (unpaired) electrons. The van der Waals surface area contributed by atoms with Crippen LogP contribution in [0.3, 0.4) is 0 Å². The molecular formula is C18H25ClN2O2. The highest BCUT2D eigenvalue weighted by Gasteiger charge is 2.40. The van der Waals surface area contributed by atoms with Crippen molar-refractivity contribution in [2.45, 2.75) is 44.2 Å². The van der Waals surface area contributed by atoms with E-state index in [1.54, 1.807) is 18.2 Å². The van der Waals surface area contributed by atoms with Gasteiger partial charge in [0.1, 0.15) is 0 Å². The molecule has 0 aromatic heterocycles. The monoisotopic (exact) mass is 336 g/mol. The molecule has 126 valence electrons. The van der Waals surface area contributed by atoms with Crippen molar-refractivity contribution in [1.29, 1.82) is 0 Å². The number of rotatable bonds is 4. The summed E-state index contributed by atoms with van der Waals surface area (Å²) in [7, 11) is 0. The SMILES string of the molecule is NC1C2CCCC1CC(C(=O)NCC(O)c1cccc(Cl)c1)C2. The van der Waals surface area contributed by atoms with Gasteiger partial charge in [0.25, 0.3) is 0 Å². The Bertz CT molecular complexity index is 552. The van der Waals surface area contributed by atoms with Crippen molar-refractivity contribution >= 4 is 17.5 Å². The summed E-state index contributed by atoms with van der Waals surface area (Å²) >= 11 is 5.93. The lowest BCUT2D eigenvalue weighted by Crippen LogP contribution is -2.49. The predicted octanol–water partition coefficient (Wildman–Crippen LogP) is 2.64. The van der Waals surface area contributed by atoms with E-state index in [1.807, 2.05) is 6.07 Å². The van der Waals surface area contributed by atoms with E-state index in [0.717, 1.165) is 31.2 Å². The molecule has 1 amide bonds. The van der Waals surface area contributed by atoms with Crippen LogP contribution < -0.4 is 11.1 Å². The van der Waals surface area contributed by atoms with Crippen molar-refractivity contribution in [2.75, 3.05) is 6.54 Å². The first-order valence-electron chi connectivity index (χ1n) is 8.51. The molecule has 3 rings (SSSR count). The molecule has 2 aliphatic carbocycles. The summed E-state index contributed by atoms with van der Waals surface area (Å²) in [6, 6.07) is 7.37.